The van der Waals surface area contributed by atoms with Crippen molar-refractivity contribution >= 4 is 11.7 Å². The molecule has 0 saturated carbocycles. The highest BCUT2D eigenvalue weighted by molar-refractivity contribution is 5.89. The molecule has 0 aliphatic carbocycles. The Bertz CT molecular complexity index is 408. The minimum atomic E-state index is -0.310. The summed E-state index contributed by atoms with van der Waals surface area (Å²) in [6.07, 6.45) is 2.10. The third-order valence-corrected chi connectivity index (χ3v) is 3.06. The summed E-state index contributed by atoms with van der Waals surface area (Å²) in [5.74, 6) is -0.310. The number of nitrogens with one attached hydrogen (secondary N) is 2. The van der Waals surface area contributed by atoms with Crippen LogP contribution in [0.25, 0.3) is 0 Å². The van der Waals surface area contributed by atoms with Gasteiger partial charge < -0.3 is 15.5 Å². The number of hydrogen-bond donors (Lipinski definition) is 2. The molecule has 0 spiro atoms. The predicted octanol–water partition coefficient (Wildman–Crippen LogP) is 3.07. The summed E-state index contributed by atoms with van der Waals surface area (Å²) in [6, 6.07) is 5.68. The Morgan fingerprint density at radius 3 is 2.55 bits per heavy atom. The van der Waals surface area contributed by atoms with E-state index in [2.05, 4.69) is 15.5 Å². The van der Waals surface area contributed by atoms with Gasteiger partial charge >= 0.3 is 6.03 Å². The Hall–Kier alpha value is -1.62. The molecule has 0 aromatic heterocycles. The van der Waals surface area contributed by atoms with Crippen LogP contribution in [0.3, 0.4) is 0 Å². The lowest BCUT2D eigenvalue weighted by atomic mass is 10.1. The number of urea groups is 1. The number of carbonyl (C=O) groups is 1. The Balaban J connectivity index is 0.000000956. The van der Waals surface area contributed by atoms with Gasteiger partial charge in [-0.1, -0.05) is 13.8 Å². The Kier molecular flexibility index (Phi) is 7.01. The first-order chi connectivity index (χ1) is 9.63. The van der Waals surface area contributed by atoms with Crippen molar-refractivity contribution < 1.29 is 9.18 Å². The number of rotatable bonds is 2. The number of likely N-dealkylation sites (tertiary alicyclic amines) is 1. The van der Waals surface area contributed by atoms with Crippen molar-refractivity contribution in [3.8, 4) is 0 Å². The fraction of sp³-hybridized carbons (Fsp3) is 0.533. The normalized spacial score (nSPS) is 18.7. The molecule has 1 aliphatic heterocycles. The van der Waals surface area contributed by atoms with Gasteiger partial charge in [-0.2, -0.15) is 0 Å². The molecule has 0 radical (unpaired) electrons. The quantitative estimate of drug-likeness (QED) is 0.875. The molecule has 2 amide bonds. The lowest BCUT2D eigenvalue weighted by molar-refractivity contribution is 0.216. The molecule has 1 saturated heterocycles. The maximum atomic E-state index is 12.7. The van der Waals surface area contributed by atoms with Crippen LogP contribution in [0.5, 0.6) is 0 Å². The molecule has 2 N–H and O–H groups in total. The van der Waals surface area contributed by atoms with Crippen LogP contribution < -0.4 is 10.6 Å². The summed E-state index contributed by atoms with van der Waals surface area (Å²) in [5, 5.41) is 5.62. The number of halogens is 1. The lowest BCUT2D eigenvalue weighted by Crippen LogP contribution is -2.47. The van der Waals surface area contributed by atoms with E-state index in [1.54, 1.807) is 12.1 Å². The van der Waals surface area contributed by atoms with Crippen LogP contribution in [0.15, 0.2) is 24.3 Å². The third-order valence-electron chi connectivity index (χ3n) is 3.06. The van der Waals surface area contributed by atoms with Gasteiger partial charge in [-0.05, 0) is 50.7 Å². The molecule has 0 unspecified atom stereocenters. The van der Waals surface area contributed by atoms with Gasteiger partial charge in [-0.25, -0.2) is 9.18 Å². The van der Waals surface area contributed by atoms with Gasteiger partial charge in [-0.3, -0.25) is 0 Å². The van der Waals surface area contributed by atoms with Crippen molar-refractivity contribution in [3.63, 3.8) is 0 Å². The van der Waals surface area contributed by atoms with Crippen molar-refractivity contribution in [1.29, 1.82) is 0 Å². The summed E-state index contributed by atoms with van der Waals surface area (Å²) in [5.41, 5.74) is 0.595. The van der Waals surface area contributed by atoms with Crippen LogP contribution in [0.4, 0.5) is 14.9 Å². The molecule has 1 aromatic carbocycles. The first-order valence-corrected chi connectivity index (χ1v) is 7.15. The average Bonchev–Trinajstić information content (AvgIpc) is 2.43. The van der Waals surface area contributed by atoms with E-state index in [0.717, 1.165) is 25.9 Å². The highest BCUT2D eigenvalue weighted by Crippen LogP contribution is 2.10. The Morgan fingerprint density at radius 2 is 1.95 bits per heavy atom. The molecule has 1 fully saturated rings. The fourth-order valence-electron chi connectivity index (χ4n) is 2.17. The summed E-state index contributed by atoms with van der Waals surface area (Å²) in [7, 11) is 2.05. The first-order valence-electron chi connectivity index (χ1n) is 7.15. The minimum Gasteiger partial charge on any atom is -0.334 e. The summed E-state index contributed by atoms with van der Waals surface area (Å²) >= 11 is 0. The molecule has 112 valence electrons. The Morgan fingerprint density at radius 1 is 1.30 bits per heavy atom. The molecule has 4 nitrogen and oxygen atoms in total. The molecule has 1 aromatic rings. The largest absolute Gasteiger partial charge is 0.334 e. The minimum absolute atomic E-state index is 0.184. The van der Waals surface area contributed by atoms with E-state index in [-0.39, 0.29) is 17.9 Å². The highest BCUT2D eigenvalue weighted by atomic mass is 19.1. The van der Waals surface area contributed by atoms with Crippen molar-refractivity contribution in [2.75, 3.05) is 25.5 Å². The van der Waals surface area contributed by atoms with Gasteiger partial charge in [0.2, 0.25) is 0 Å². The Labute approximate surface area is 120 Å². The molecule has 5 heteroatoms. The summed E-state index contributed by atoms with van der Waals surface area (Å²) in [4.78, 5) is 13.9. The van der Waals surface area contributed by atoms with Crippen LogP contribution in [0, 0.1) is 5.82 Å². The standard InChI is InChI=1S/C13H18FN3O.C2H6/c1-17-8-2-3-12(9-17)16-13(18)15-11-6-4-10(14)5-7-11;1-2/h4-7,12H,2-3,8-9H2,1H3,(H2,15,16,18);1-2H3/t12-;/m1./s1. The molecule has 20 heavy (non-hydrogen) atoms. The SMILES string of the molecule is CC.CN1CCC[C@@H](NC(=O)Nc2ccc(F)cc2)C1. The number of nitrogens with zero attached hydrogens (tertiary/aromatic N) is 1. The second kappa shape index (κ2) is 8.53. The molecular formula is C15H24FN3O. The first kappa shape index (κ1) is 16.4. The highest BCUT2D eigenvalue weighted by Gasteiger charge is 2.18. The van der Waals surface area contributed by atoms with E-state index in [1.165, 1.54) is 12.1 Å². The predicted molar refractivity (Wildman–Crippen MR) is 80.4 cm³/mol. The molecule has 0 bridgehead atoms. The van der Waals surface area contributed by atoms with Gasteiger partial charge in [0, 0.05) is 18.3 Å². The molecule has 1 heterocycles. The van der Waals surface area contributed by atoms with Crippen LogP contribution in [0.1, 0.15) is 26.7 Å². The van der Waals surface area contributed by atoms with Gasteiger partial charge in [0.15, 0.2) is 0 Å². The summed E-state index contributed by atoms with van der Waals surface area (Å²) < 4.78 is 12.7. The smallest absolute Gasteiger partial charge is 0.319 e. The number of hydrogen-bond acceptors (Lipinski definition) is 2. The maximum Gasteiger partial charge on any atom is 0.319 e. The molecule has 1 atom stereocenters. The van der Waals surface area contributed by atoms with Gasteiger partial charge in [0.05, 0.1) is 0 Å². The van der Waals surface area contributed by atoms with Crippen LogP contribution >= 0.6 is 0 Å². The molecule has 1 aliphatic rings. The zero-order valence-electron chi connectivity index (χ0n) is 12.4. The second-order valence-electron chi connectivity index (χ2n) is 4.71. The molecular weight excluding hydrogens is 257 g/mol. The number of likely N-dealkylation sites (N-methyl/N-ethyl adjacent to an activating group) is 1. The van der Waals surface area contributed by atoms with Gasteiger partial charge in [-0.15, -0.1) is 0 Å². The van der Waals surface area contributed by atoms with Crippen molar-refractivity contribution in [2.45, 2.75) is 32.7 Å². The van der Waals surface area contributed by atoms with E-state index < -0.39 is 0 Å². The number of carbonyl (C=O) groups excluding carboxylic acids is 1. The van der Waals surface area contributed by atoms with E-state index in [0.29, 0.717) is 5.69 Å². The second-order valence-corrected chi connectivity index (χ2v) is 4.71. The zero-order valence-corrected chi connectivity index (χ0v) is 12.4. The van der Waals surface area contributed by atoms with Crippen molar-refractivity contribution in [2.24, 2.45) is 0 Å². The third kappa shape index (κ3) is 5.57. The van der Waals surface area contributed by atoms with Crippen LogP contribution in [-0.4, -0.2) is 37.1 Å². The van der Waals surface area contributed by atoms with E-state index >= 15 is 0 Å². The monoisotopic (exact) mass is 281 g/mol. The van der Waals surface area contributed by atoms with Crippen molar-refractivity contribution in [1.82, 2.24) is 10.2 Å². The van der Waals surface area contributed by atoms with Gasteiger partial charge in [0.25, 0.3) is 0 Å². The van der Waals surface area contributed by atoms with Crippen LogP contribution in [0.2, 0.25) is 0 Å². The maximum absolute atomic E-state index is 12.7. The topological polar surface area (TPSA) is 44.4 Å². The van der Waals surface area contributed by atoms with E-state index in [1.807, 2.05) is 20.9 Å². The number of piperidine rings is 1. The molecule has 2 rings (SSSR count). The lowest BCUT2D eigenvalue weighted by Gasteiger charge is -2.30. The summed E-state index contributed by atoms with van der Waals surface area (Å²) in [6.45, 7) is 5.95. The van der Waals surface area contributed by atoms with E-state index in [9.17, 15) is 9.18 Å². The fourth-order valence-corrected chi connectivity index (χ4v) is 2.17. The number of anilines is 1. The van der Waals surface area contributed by atoms with Crippen LogP contribution in [-0.2, 0) is 0 Å². The average molecular weight is 281 g/mol. The number of benzene rings is 1. The van der Waals surface area contributed by atoms with Gasteiger partial charge in [0.1, 0.15) is 5.82 Å². The van der Waals surface area contributed by atoms with E-state index in [4.69, 9.17) is 0 Å². The van der Waals surface area contributed by atoms with Crippen molar-refractivity contribution in [3.05, 3.63) is 30.1 Å². The number of amides is 2. The zero-order chi connectivity index (χ0) is 15.0.